The zero-order valence-electron chi connectivity index (χ0n) is 8.95. The minimum atomic E-state index is -0.875. The Morgan fingerprint density at radius 2 is 1.75 bits per heavy atom. The largest absolute Gasteiger partial charge is 0.0689 e. The second-order valence-corrected chi connectivity index (χ2v) is 9.77. The Kier molecular flexibility index (Phi) is 3.82. The quantitative estimate of drug-likeness (QED) is 0.574. The number of unbranched alkanes of at least 4 members (excludes halogenated alkanes) is 1. The molecule has 0 spiro atoms. The van der Waals surface area contributed by atoms with Crippen LogP contribution in [-0.2, 0) is 0 Å². The molecular weight excluding hydrogens is 160 g/mol. The molecule has 0 aliphatic heterocycles. The first kappa shape index (κ1) is 10.3. The van der Waals surface area contributed by atoms with Crippen molar-refractivity contribution >= 4 is 8.07 Å². The molecule has 1 rings (SSSR count). The van der Waals surface area contributed by atoms with Crippen molar-refractivity contribution in [3.8, 4) is 0 Å². The van der Waals surface area contributed by atoms with E-state index in [9.17, 15) is 0 Å². The van der Waals surface area contributed by atoms with Crippen molar-refractivity contribution in [3.05, 3.63) is 5.54 Å². The maximum atomic E-state index is 2.57. The van der Waals surface area contributed by atoms with Crippen LogP contribution in [0.5, 0.6) is 0 Å². The lowest BCUT2D eigenvalue weighted by molar-refractivity contribution is 0.855. The van der Waals surface area contributed by atoms with E-state index in [0.29, 0.717) is 0 Å². The van der Waals surface area contributed by atoms with Crippen LogP contribution in [0, 0.1) is 5.54 Å². The molecule has 0 atom stereocenters. The van der Waals surface area contributed by atoms with Gasteiger partial charge in [0.1, 0.15) is 0 Å². The van der Waals surface area contributed by atoms with Crippen LogP contribution in [0.2, 0.25) is 19.1 Å². The predicted octanol–water partition coefficient (Wildman–Crippen LogP) is 4.18. The van der Waals surface area contributed by atoms with E-state index >= 15 is 0 Å². The zero-order chi connectivity index (χ0) is 9.03. The highest BCUT2D eigenvalue weighted by molar-refractivity contribution is 6.82. The molecule has 0 nitrogen and oxygen atoms in total. The van der Waals surface area contributed by atoms with Crippen LogP contribution in [-0.4, -0.2) is 8.07 Å². The van der Waals surface area contributed by atoms with Crippen LogP contribution >= 0.6 is 0 Å². The highest BCUT2D eigenvalue weighted by atomic mass is 28.3. The van der Waals surface area contributed by atoms with Gasteiger partial charge in [-0.05, 0) is 18.4 Å². The number of rotatable bonds is 4. The van der Waals surface area contributed by atoms with Gasteiger partial charge in [-0.1, -0.05) is 51.7 Å². The SMILES string of the molecule is CCCC[Si](C)(C)[C]1CCCC1. The van der Waals surface area contributed by atoms with E-state index < -0.39 is 8.07 Å². The highest BCUT2D eigenvalue weighted by Crippen LogP contribution is 2.37. The minimum Gasteiger partial charge on any atom is -0.0689 e. The molecule has 0 unspecified atom stereocenters. The summed E-state index contributed by atoms with van der Waals surface area (Å²) in [7, 11) is -0.875. The van der Waals surface area contributed by atoms with Crippen molar-refractivity contribution in [3.63, 3.8) is 0 Å². The number of hydrogen-bond donors (Lipinski definition) is 0. The molecule has 1 fully saturated rings. The van der Waals surface area contributed by atoms with E-state index in [1.807, 2.05) is 5.54 Å². The minimum absolute atomic E-state index is 0.875. The van der Waals surface area contributed by atoms with Crippen LogP contribution in [0.1, 0.15) is 45.4 Å². The van der Waals surface area contributed by atoms with E-state index in [0.717, 1.165) is 0 Å². The zero-order valence-corrected chi connectivity index (χ0v) is 9.95. The van der Waals surface area contributed by atoms with Gasteiger partial charge in [-0.3, -0.25) is 0 Å². The van der Waals surface area contributed by atoms with Crippen molar-refractivity contribution in [2.45, 2.75) is 64.6 Å². The summed E-state index contributed by atoms with van der Waals surface area (Å²) in [5, 5.41) is 0. The Labute approximate surface area is 78.8 Å². The fourth-order valence-corrected chi connectivity index (χ4v) is 5.57. The monoisotopic (exact) mass is 183 g/mol. The summed E-state index contributed by atoms with van der Waals surface area (Å²) in [6.45, 7) is 7.45. The maximum absolute atomic E-state index is 2.57. The van der Waals surface area contributed by atoms with Crippen LogP contribution < -0.4 is 0 Å². The van der Waals surface area contributed by atoms with Gasteiger partial charge in [-0.2, -0.15) is 0 Å². The fraction of sp³-hybridized carbons (Fsp3) is 0.909. The molecule has 12 heavy (non-hydrogen) atoms. The van der Waals surface area contributed by atoms with Gasteiger partial charge >= 0.3 is 0 Å². The van der Waals surface area contributed by atoms with Gasteiger partial charge < -0.3 is 0 Å². The lowest BCUT2D eigenvalue weighted by atomic mass is 10.4. The summed E-state index contributed by atoms with van der Waals surface area (Å²) in [6, 6.07) is 1.54. The Morgan fingerprint density at radius 3 is 2.25 bits per heavy atom. The summed E-state index contributed by atoms with van der Waals surface area (Å²) < 4.78 is 0. The van der Waals surface area contributed by atoms with Gasteiger partial charge in [0.2, 0.25) is 0 Å². The van der Waals surface area contributed by atoms with E-state index in [4.69, 9.17) is 0 Å². The van der Waals surface area contributed by atoms with Crippen LogP contribution in [0.25, 0.3) is 0 Å². The molecule has 0 heterocycles. The lowest BCUT2D eigenvalue weighted by Crippen LogP contribution is -2.33. The highest BCUT2D eigenvalue weighted by Gasteiger charge is 2.33. The van der Waals surface area contributed by atoms with Crippen LogP contribution in [0.3, 0.4) is 0 Å². The van der Waals surface area contributed by atoms with Gasteiger partial charge in [0.15, 0.2) is 0 Å². The normalized spacial score (nSPS) is 20.2. The molecule has 0 amide bonds. The molecule has 0 aromatic carbocycles. The molecule has 1 saturated carbocycles. The average molecular weight is 183 g/mol. The molecule has 1 heteroatoms. The first-order valence-corrected chi connectivity index (χ1v) is 8.72. The summed E-state index contributed by atoms with van der Waals surface area (Å²) in [4.78, 5) is 0. The van der Waals surface area contributed by atoms with Crippen LogP contribution in [0.15, 0.2) is 0 Å². The van der Waals surface area contributed by atoms with Gasteiger partial charge in [-0.25, -0.2) is 0 Å². The van der Waals surface area contributed by atoms with E-state index in [2.05, 4.69) is 20.0 Å². The molecule has 71 valence electrons. The van der Waals surface area contributed by atoms with Gasteiger partial charge in [0.05, 0.1) is 8.07 Å². The van der Waals surface area contributed by atoms with Crippen LogP contribution in [0.4, 0.5) is 0 Å². The third-order valence-corrected chi connectivity index (χ3v) is 7.34. The standard InChI is InChI=1S/C11H23Si/c1-4-5-10-12(2,3)11-8-6-7-9-11/h4-10H2,1-3H3. The molecule has 0 bridgehead atoms. The maximum Gasteiger partial charge on any atom is 0.0539 e. The Hall–Kier alpha value is 0.217. The average Bonchev–Trinajstić information content (AvgIpc) is 2.53. The molecule has 1 radical (unpaired) electrons. The Bertz CT molecular complexity index is 123. The predicted molar refractivity (Wildman–Crippen MR) is 58.9 cm³/mol. The summed E-state index contributed by atoms with van der Waals surface area (Å²) >= 11 is 0. The van der Waals surface area contributed by atoms with Gasteiger partial charge in [-0.15, -0.1) is 0 Å². The first-order chi connectivity index (χ1) is 5.67. The summed E-state index contributed by atoms with van der Waals surface area (Å²) in [5.74, 6) is 0. The van der Waals surface area contributed by atoms with Crippen molar-refractivity contribution < 1.29 is 0 Å². The van der Waals surface area contributed by atoms with Crippen molar-refractivity contribution in [1.82, 2.24) is 0 Å². The molecule has 0 aromatic heterocycles. The van der Waals surface area contributed by atoms with Gasteiger partial charge in [0.25, 0.3) is 0 Å². The molecule has 1 aliphatic rings. The molecular formula is C11H23Si. The Balaban J connectivity index is 2.34. The molecule has 0 aromatic rings. The third kappa shape index (κ3) is 2.62. The first-order valence-electron chi connectivity index (χ1n) is 5.52. The summed E-state index contributed by atoms with van der Waals surface area (Å²) in [6.07, 6.45) is 8.76. The second kappa shape index (κ2) is 4.45. The van der Waals surface area contributed by atoms with Crippen molar-refractivity contribution in [1.29, 1.82) is 0 Å². The molecule has 0 saturated heterocycles. The smallest absolute Gasteiger partial charge is 0.0539 e. The van der Waals surface area contributed by atoms with E-state index in [-0.39, 0.29) is 0 Å². The Morgan fingerprint density at radius 1 is 1.17 bits per heavy atom. The third-order valence-electron chi connectivity index (χ3n) is 3.32. The van der Waals surface area contributed by atoms with Crippen molar-refractivity contribution in [2.75, 3.05) is 0 Å². The van der Waals surface area contributed by atoms with E-state index in [1.54, 1.807) is 6.04 Å². The fourth-order valence-electron chi connectivity index (χ4n) is 2.27. The number of hydrogen-bond acceptors (Lipinski definition) is 0. The second-order valence-electron chi connectivity index (χ2n) is 4.80. The molecule has 0 N–H and O–H groups in total. The summed E-state index contributed by atoms with van der Waals surface area (Å²) in [5.41, 5.74) is 1.98. The van der Waals surface area contributed by atoms with Gasteiger partial charge in [0, 0.05) is 0 Å². The van der Waals surface area contributed by atoms with Crippen molar-refractivity contribution in [2.24, 2.45) is 0 Å². The lowest BCUT2D eigenvalue weighted by Gasteiger charge is -2.28. The van der Waals surface area contributed by atoms with E-state index in [1.165, 1.54) is 38.5 Å². The topological polar surface area (TPSA) is 0 Å². The molecule has 1 aliphatic carbocycles.